The molecule has 2 aromatic heterocycles. The number of piperidine rings is 1. The number of hydrogen-bond acceptors (Lipinski definition) is 3. The lowest BCUT2D eigenvalue weighted by Crippen LogP contribution is -2.47. The minimum Gasteiger partial charge on any atom is -0.338 e. The normalized spacial score (nSPS) is 21.8. The Morgan fingerprint density at radius 1 is 1.41 bits per heavy atom. The Bertz CT molecular complexity index is 735. The lowest BCUT2D eigenvalue weighted by atomic mass is 9.79. The molecule has 0 radical (unpaired) electrons. The van der Waals surface area contributed by atoms with Crippen LogP contribution in [0.25, 0.3) is 0 Å². The summed E-state index contributed by atoms with van der Waals surface area (Å²) in [6.45, 7) is 3.49. The lowest BCUT2D eigenvalue weighted by molar-refractivity contribution is 0.0647. The van der Waals surface area contributed by atoms with Gasteiger partial charge in [-0.25, -0.2) is 0 Å². The summed E-state index contributed by atoms with van der Waals surface area (Å²) in [6, 6.07) is 5.07. The van der Waals surface area contributed by atoms with Crippen LogP contribution in [-0.2, 0) is 12.5 Å². The molecule has 22 heavy (non-hydrogen) atoms. The Labute approximate surface area is 128 Å². The Hall–Kier alpha value is -2.37. The van der Waals surface area contributed by atoms with Crippen molar-refractivity contribution in [1.82, 2.24) is 19.7 Å². The first-order valence-electron chi connectivity index (χ1n) is 7.45. The van der Waals surface area contributed by atoms with Crippen molar-refractivity contribution in [3.8, 4) is 0 Å². The lowest BCUT2D eigenvalue weighted by Gasteiger charge is -2.39. The minimum absolute atomic E-state index is 0.0804. The van der Waals surface area contributed by atoms with Gasteiger partial charge in [0.15, 0.2) is 0 Å². The predicted octanol–water partition coefficient (Wildman–Crippen LogP) is 1.30. The number of likely N-dealkylation sites (tertiary alicyclic amines) is 1. The van der Waals surface area contributed by atoms with E-state index in [1.54, 1.807) is 25.5 Å². The summed E-state index contributed by atoms with van der Waals surface area (Å²) in [7, 11) is 1.67. The van der Waals surface area contributed by atoms with Crippen LogP contribution in [0.1, 0.15) is 35.8 Å². The van der Waals surface area contributed by atoms with Crippen molar-refractivity contribution in [2.75, 3.05) is 13.1 Å². The molecule has 116 valence electrons. The average molecular weight is 300 g/mol. The number of carbonyl (C=O) groups is 1. The van der Waals surface area contributed by atoms with Gasteiger partial charge in [0.25, 0.3) is 11.5 Å². The van der Waals surface area contributed by atoms with E-state index in [1.807, 2.05) is 11.0 Å². The van der Waals surface area contributed by atoms with E-state index in [9.17, 15) is 9.59 Å². The zero-order valence-electron chi connectivity index (χ0n) is 12.9. The van der Waals surface area contributed by atoms with Crippen LogP contribution in [-0.4, -0.2) is 38.7 Å². The molecule has 6 heteroatoms. The molecule has 1 saturated heterocycles. The molecule has 1 fully saturated rings. The average Bonchev–Trinajstić information content (AvgIpc) is 3.04. The van der Waals surface area contributed by atoms with Crippen LogP contribution in [0.15, 0.2) is 35.4 Å². The van der Waals surface area contributed by atoms with Crippen LogP contribution >= 0.6 is 0 Å². The number of nitrogens with zero attached hydrogens (tertiary/aromatic N) is 3. The van der Waals surface area contributed by atoms with Gasteiger partial charge in [-0.15, -0.1) is 0 Å². The Balaban J connectivity index is 1.84. The smallest absolute Gasteiger partial charge is 0.254 e. The largest absolute Gasteiger partial charge is 0.338 e. The van der Waals surface area contributed by atoms with E-state index in [-0.39, 0.29) is 16.9 Å². The molecular formula is C16H20N4O2. The van der Waals surface area contributed by atoms with Crippen molar-refractivity contribution in [2.45, 2.75) is 25.2 Å². The molecule has 1 aliphatic heterocycles. The zero-order chi connectivity index (χ0) is 15.7. The number of amides is 1. The number of aryl methyl sites for hydroxylation is 1. The molecule has 0 aliphatic carbocycles. The van der Waals surface area contributed by atoms with Crippen LogP contribution in [0.5, 0.6) is 0 Å². The monoisotopic (exact) mass is 300 g/mol. The third kappa shape index (κ3) is 2.56. The first-order chi connectivity index (χ1) is 10.5. The van der Waals surface area contributed by atoms with E-state index >= 15 is 0 Å². The molecule has 0 saturated carbocycles. The molecule has 3 heterocycles. The number of aromatic amines is 1. The number of pyridine rings is 1. The van der Waals surface area contributed by atoms with Gasteiger partial charge >= 0.3 is 0 Å². The van der Waals surface area contributed by atoms with E-state index < -0.39 is 0 Å². The molecule has 2 aromatic rings. The van der Waals surface area contributed by atoms with Crippen molar-refractivity contribution in [3.63, 3.8) is 0 Å². The maximum absolute atomic E-state index is 12.7. The third-order valence-electron chi connectivity index (χ3n) is 4.49. The maximum atomic E-state index is 12.7. The van der Waals surface area contributed by atoms with Crippen molar-refractivity contribution < 1.29 is 4.79 Å². The van der Waals surface area contributed by atoms with Crippen molar-refractivity contribution in [1.29, 1.82) is 0 Å². The highest BCUT2D eigenvalue weighted by molar-refractivity contribution is 5.94. The predicted molar refractivity (Wildman–Crippen MR) is 82.8 cm³/mol. The minimum atomic E-state index is -0.167. The summed E-state index contributed by atoms with van der Waals surface area (Å²) in [6.07, 6.45) is 5.32. The van der Waals surface area contributed by atoms with E-state index in [1.165, 1.54) is 10.6 Å². The van der Waals surface area contributed by atoms with Crippen LogP contribution in [0, 0.1) is 0 Å². The molecule has 3 rings (SSSR count). The SMILES string of the molecule is Cn1ccc(C(=O)N2CCC[C@](C)(c3ccn[nH]3)C2)cc1=O. The molecule has 1 N–H and O–H groups in total. The van der Waals surface area contributed by atoms with Crippen molar-refractivity contribution >= 4 is 5.91 Å². The first-order valence-corrected chi connectivity index (χ1v) is 7.45. The van der Waals surface area contributed by atoms with Gasteiger partial charge in [0.1, 0.15) is 0 Å². The third-order valence-corrected chi connectivity index (χ3v) is 4.49. The highest BCUT2D eigenvalue weighted by Gasteiger charge is 2.35. The quantitative estimate of drug-likeness (QED) is 0.909. The molecule has 1 atom stereocenters. The van der Waals surface area contributed by atoms with E-state index in [0.717, 1.165) is 25.1 Å². The van der Waals surface area contributed by atoms with E-state index in [0.29, 0.717) is 12.1 Å². The van der Waals surface area contributed by atoms with Crippen molar-refractivity contribution in [2.24, 2.45) is 7.05 Å². The van der Waals surface area contributed by atoms with Gasteiger partial charge in [-0.1, -0.05) is 6.92 Å². The van der Waals surface area contributed by atoms with Gasteiger partial charge in [-0.2, -0.15) is 5.10 Å². The maximum Gasteiger partial charge on any atom is 0.254 e. The van der Waals surface area contributed by atoms with Gasteiger partial charge < -0.3 is 9.47 Å². The van der Waals surface area contributed by atoms with Gasteiger partial charge in [-0.05, 0) is 25.0 Å². The standard InChI is InChI=1S/C16H20N4O2/c1-16(13-4-7-17-18-13)6-3-8-20(11-16)15(22)12-5-9-19(2)14(21)10-12/h4-5,7,9-10H,3,6,8,11H2,1-2H3,(H,17,18)/t16-/m0/s1. The zero-order valence-corrected chi connectivity index (χ0v) is 12.9. The number of carbonyl (C=O) groups excluding carboxylic acids is 1. The highest BCUT2D eigenvalue weighted by Crippen LogP contribution is 2.32. The molecule has 1 aliphatic rings. The number of rotatable bonds is 2. The number of H-pyrrole nitrogens is 1. The summed E-state index contributed by atoms with van der Waals surface area (Å²) < 4.78 is 1.46. The number of aromatic nitrogens is 3. The summed E-state index contributed by atoms with van der Waals surface area (Å²) in [5, 5.41) is 7.04. The van der Waals surface area contributed by atoms with Crippen LogP contribution in [0.4, 0.5) is 0 Å². The van der Waals surface area contributed by atoms with Gasteiger partial charge in [0.2, 0.25) is 0 Å². The van der Waals surface area contributed by atoms with Gasteiger partial charge in [0.05, 0.1) is 0 Å². The fourth-order valence-electron chi connectivity index (χ4n) is 3.09. The highest BCUT2D eigenvalue weighted by atomic mass is 16.2. The molecule has 0 unspecified atom stereocenters. The first kappa shape index (κ1) is 14.6. The Kier molecular flexibility index (Phi) is 3.60. The summed E-state index contributed by atoms with van der Waals surface area (Å²) in [4.78, 5) is 26.2. The van der Waals surface area contributed by atoms with Crippen LogP contribution in [0.3, 0.4) is 0 Å². The number of nitrogens with one attached hydrogen (secondary N) is 1. The van der Waals surface area contributed by atoms with Crippen LogP contribution in [0.2, 0.25) is 0 Å². The fraction of sp³-hybridized carbons (Fsp3) is 0.438. The van der Waals surface area contributed by atoms with E-state index in [2.05, 4.69) is 17.1 Å². The molecule has 0 aromatic carbocycles. The molecular weight excluding hydrogens is 280 g/mol. The summed E-state index contributed by atoms with van der Waals surface area (Å²) >= 11 is 0. The van der Waals surface area contributed by atoms with Gasteiger partial charge in [-0.3, -0.25) is 14.7 Å². The number of hydrogen-bond donors (Lipinski definition) is 1. The molecule has 1 amide bonds. The van der Waals surface area contributed by atoms with Gasteiger partial charge in [0, 0.05) is 55.3 Å². The summed E-state index contributed by atoms with van der Waals surface area (Å²) in [5.41, 5.74) is 1.22. The fourth-order valence-corrected chi connectivity index (χ4v) is 3.09. The van der Waals surface area contributed by atoms with Crippen molar-refractivity contribution in [3.05, 3.63) is 52.2 Å². The van der Waals surface area contributed by atoms with E-state index in [4.69, 9.17) is 0 Å². The van der Waals surface area contributed by atoms with Crippen LogP contribution < -0.4 is 5.56 Å². The Morgan fingerprint density at radius 3 is 2.91 bits per heavy atom. The second-order valence-corrected chi connectivity index (χ2v) is 6.23. The topological polar surface area (TPSA) is 71.0 Å². The molecule has 0 bridgehead atoms. The molecule has 0 spiro atoms. The summed E-state index contributed by atoms with van der Waals surface area (Å²) in [5.74, 6) is -0.0804. The second-order valence-electron chi connectivity index (χ2n) is 6.23. The Morgan fingerprint density at radius 2 is 2.23 bits per heavy atom. The second kappa shape index (κ2) is 5.44. The molecule has 6 nitrogen and oxygen atoms in total.